The number of para-hydroxylation sites is 2. The Labute approximate surface area is 159 Å². The molecule has 3 aromatic heterocycles. The molecule has 0 unspecified atom stereocenters. The van der Waals surface area contributed by atoms with Crippen molar-refractivity contribution in [1.29, 1.82) is 0 Å². The fraction of sp³-hybridized carbons (Fsp3) is 0.0500. The largest absolute Gasteiger partial charge is 0.494 e. The Kier molecular flexibility index (Phi) is 4.93. The third kappa shape index (κ3) is 3.73. The molecular weight excluding hydrogens is 360 g/mol. The normalized spacial score (nSPS) is 12.0. The van der Waals surface area contributed by atoms with Gasteiger partial charge in [-0.05, 0) is 36.4 Å². The maximum absolute atomic E-state index is 5.55. The molecule has 7 heteroatoms. The summed E-state index contributed by atoms with van der Waals surface area (Å²) in [5.41, 5.74) is 2.30. The zero-order valence-corrected chi connectivity index (χ0v) is 15.3. The number of hydrogen-bond donors (Lipinski definition) is 0. The second-order valence-electron chi connectivity index (χ2n) is 5.48. The molecule has 3 heterocycles. The third-order valence-electron chi connectivity index (χ3n) is 3.75. The van der Waals surface area contributed by atoms with E-state index >= 15 is 0 Å². The van der Waals surface area contributed by atoms with Crippen LogP contribution in [-0.2, 0) is 0 Å². The van der Waals surface area contributed by atoms with Gasteiger partial charge in [-0.2, -0.15) is 5.10 Å². The van der Waals surface area contributed by atoms with Gasteiger partial charge in [-0.1, -0.05) is 18.2 Å². The second-order valence-corrected chi connectivity index (χ2v) is 6.31. The topological polar surface area (TPSA) is 64.9 Å². The number of methoxy groups -OCH3 is 1. The molecule has 4 rings (SSSR count). The van der Waals surface area contributed by atoms with Crippen LogP contribution in [0.2, 0.25) is 0 Å². The molecule has 0 amide bonds. The van der Waals surface area contributed by atoms with E-state index in [4.69, 9.17) is 14.1 Å². The first-order valence-corrected chi connectivity index (χ1v) is 9.10. The van der Waals surface area contributed by atoms with Crippen molar-refractivity contribution in [3.05, 3.63) is 82.9 Å². The number of nitrogens with zero attached hydrogens (tertiary/aromatic N) is 4. The van der Waals surface area contributed by atoms with Gasteiger partial charge in [-0.15, -0.1) is 11.3 Å². The van der Waals surface area contributed by atoms with Crippen LogP contribution >= 0.6 is 11.3 Å². The lowest BCUT2D eigenvalue weighted by atomic mass is 10.3. The average molecular weight is 376 g/mol. The summed E-state index contributed by atoms with van der Waals surface area (Å²) >= 11 is 1.47. The predicted octanol–water partition coefficient (Wildman–Crippen LogP) is 4.33. The van der Waals surface area contributed by atoms with Gasteiger partial charge in [0, 0.05) is 11.6 Å². The Bertz CT molecular complexity index is 1110. The lowest BCUT2D eigenvalue weighted by molar-refractivity contribution is 0.416. The van der Waals surface area contributed by atoms with E-state index in [9.17, 15) is 0 Å². The highest BCUT2D eigenvalue weighted by atomic mass is 32.1. The molecule has 0 atom stereocenters. The van der Waals surface area contributed by atoms with Crippen molar-refractivity contribution in [2.75, 3.05) is 7.11 Å². The first kappa shape index (κ1) is 17.0. The fourth-order valence-corrected chi connectivity index (χ4v) is 3.31. The number of hydrogen-bond acceptors (Lipinski definition) is 6. The molecule has 0 spiro atoms. The van der Waals surface area contributed by atoms with Crippen molar-refractivity contribution in [3.63, 3.8) is 0 Å². The molecule has 0 aliphatic heterocycles. The van der Waals surface area contributed by atoms with Gasteiger partial charge in [0.05, 0.1) is 25.3 Å². The van der Waals surface area contributed by atoms with Crippen LogP contribution in [-0.4, -0.2) is 23.0 Å². The first-order valence-electron chi connectivity index (χ1n) is 8.23. The van der Waals surface area contributed by atoms with Gasteiger partial charge >= 0.3 is 0 Å². The molecule has 0 radical (unpaired) electrons. The predicted molar refractivity (Wildman–Crippen MR) is 105 cm³/mol. The van der Waals surface area contributed by atoms with Gasteiger partial charge in [0.1, 0.15) is 17.1 Å². The molecule has 0 saturated carbocycles. The molecule has 0 aliphatic carbocycles. The van der Waals surface area contributed by atoms with Crippen LogP contribution < -0.4 is 9.54 Å². The quantitative estimate of drug-likeness (QED) is 0.487. The van der Waals surface area contributed by atoms with Crippen molar-refractivity contribution in [3.8, 4) is 17.2 Å². The average Bonchev–Trinajstić information content (AvgIpc) is 3.37. The summed E-state index contributed by atoms with van der Waals surface area (Å²) in [5.74, 6) is 1.41. The Morgan fingerprint density at radius 1 is 1.11 bits per heavy atom. The van der Waals surface area contributed by atoms with Gasteiger partial charge in [0.15, 0.2) is 5.76 Å². The molecule has 6 nitrogen and oxygen atoms in total. The maximum atomic E-state index is 5.55. The van der Waals surface area contributed by atoms with E-state index in [0.717, 1.165) is 17.1 Å². The van der Waals surface area contributed by atoms with Gasteiger partial charge in [0.25, 0.3) is 0 Å². The van der Waals surface area contributed by atoms with Crippen LogP contribution in [0.4, 0.5) is 5.69 Å². The van der Waals surface area contributed by atoms with Crippen LogP contribution in [0.5, 0.6) is 5.75 Å². The molecule has 0 bridgehead atoms. The molecule has 27 heavy (non-hydrogen) atoms. The summed E-state index contributed by atoms with van der Waals surface area (Å²) < 4.78 is 12.7. The molecule has 134 valence electrons. The molecule has 0 fully saturated rings. The summed E-state index contributed by atoms with van der Waals surface area (Å²) in [7, 11) is 1.63. The fourth-order valence-electron chi connectivity index (χ4n) is 2.48. The van der Waals surface area contributed by atoms with E-state index < -0.39 is 0 Å². The van der Waals surface area contributed by atoms with Crippen LogP contribution in [0.3, 0.4) is 0 Å². The highest BCUT2D eigenvalue weighted by Crippen LogP contribution is 2.26. The van der Waals surface area contributed by atoms with Crippen molar-refractivity contribution < 1.29 is 9.15 Å². The number of ether oxygens (including phenoxy) is 1. The summed E-state index contributed by atoms with van der Waals surface area (Å²) in [6.45, 7) is 0. The van der Waals surface area contributed by atoms with Crippen molar-refractivity contribution in [2.45, 2.75) is 0 Å². The van der Waals surface area contributed by atoms with E-state index in [1.807, 2.05) is 60.0 Å². The lowest BCUT2D eigenvalue weighted by Crippen LogP contribution is -2.11. The molecule has 1 aromatic carbocycles. The van der Waals surface area contributed by atoms with Crippen LogP contribution in [0.1, 0.15) is 5.69 Å². The molecule has 0 N–H and O–H groups in total. The minimum Gasteiger partial charge on any atom is -0.494 e. The first-order chi connectivity index (χ1) is 13.3. The monoisotopic (exact) mass is 376 g/mol. The van der Waals surface area contributed by atoms with Gasteiger partial charge in [0.2, 0.25) is 4.80 Å². The Hall–Kier alpha value is -3.45. The minimum absolute atomic E-state index is 0.693. The maximum Gasteiger partial charge on any atom is 0.211 e. The molecule has 4 aromatic rings. The number of furan rings is 1. The highest BCUT2D eigenvalue weighted by molar-refractivity contribution is 7.07. The van der Waals surface area contributed by atoms with Gasteiger partial charge < -0.3 is 9.15 Å². The minimum atomic E-state index is 0.693. The van der Waals surface area contributed by atoms with E-state index in [0.29, 0.717) is 16.3 Å². The van der Waals surface area contributed by atoms with Crippen molar-refractivity contribution in [2.24, 2.45) is 10.1 Å². The van der Waals surface area contributed by atoms with Crippen LogP contribution in [0.15, 0.2) is 86.9 Å². The van der Waals surface area contributed by atoms with Crippen molar-refractivity contribution in [1.82, 2.24) is 9.66 Å². The third-order valence-corrected chi connectivity index (χ3v) is 4.57. The summed E-state index contributed by atoms with van der Waals surface area (Å²) in [4.78, 5) is 9.71. The SMILES string of the molecule is COc1ccccc1N=c1scc(-c2ccco2)n1/N=C/c1ccccn1. The molecule has 0 aliphatic rings. The van der Waals surface area contributed by atoms with Crippen molar-refractivity contribution >= 4 is 23.2 Å². The molecule has 0 saturated heterocycles. The zero-order valence-electron chi connectivity index (χ0n) is 14.5. The number of thiazole rings is 1. The van der Waals surface area contributed by atoms with E-state index in [-0.39, 0.29) is 0 Å². The number of pyridine rings is 1. The summed E-state index contributed by atoms with van der Waals surface area (Å²) in [6.07, 6.45) is 5.06. The van der Waals surface area contributed by atoms with Crippen LogP contribution in [0, 0.1) is 0 Å². The summed E-state index contributed by atoms with van der Waals surface area (Å²) in [6, 6.07) is 17.0. The standard InChI is InChI=1S/C20H16N4O2S/c1-25-18-9-3-2-8-16(18)23-20-24(22-13-15-7-4-5-11-21-15)17(14-27-20)19-10-6-12-26-19/h2-14H,1H3/b22-13+,23-20?. The zero-order chi connectivity index (χ0) is 18.5. The van der Waals surface area contributed by atoms with Gasteiger partial charge in [-0.3, -0.25) is 4.98 Å². The Balaban J connectivity index is 1.85. The van der Waals surface area contributed by atoms with E-state index in [1.54, 1.807) is 30.5 Å². The highest BCUT2D eigenvalue weighted by Gasteiger charge is 2.10. The van der Waals surface area contributed by atoms with E-state index in [2.05, 4.69) is 10.1 Å². The Morgan fingerprint density at radius 3 is 2.78 bits per heavy atom. The Morgan fingerprint density at radius 2 is 2.00 bits per heavy atom. The number of rotatable bonds is 5. The van der Waals surface area contributed by atoms with Crippen LogP contribution in [0.25, 0.3) is 11.5 Å². The second kappa shape index (κ2) is 7.84. The number of aromatic nitrogens is 2. The molecular formula is C20H16N4O2S. The number of benzene rings is 1. The van der Waals surface area contributed by atoms with Gasteiger partial charge in [-0.25, -0.2) is 9.67 Å². The summed E-state index contributed by atoms with van der Waals surface area (Å²) in [5, 5.41) is 6.55. The van der Waals surface area contributed by atoms with E-state index in [1.165, 1.54) is 11.3 Å². The smallest absolute Gasteiger partial charge is 0.211 e. The lowest BCUT2D eigenvalue weighted by Gasteiger charge is -2.03.